The molecule has 1 aromatic heterocycles. The van der Waals surface area contributed by atoms with Gasteiger partial charge < -0.3 is 20.7 Å². The van der Waals surface area contributed by atoms with Crippen LogP contribution in [-0.2, 0) is 27.0 Å². The van der Waals surface area contributed by atoms with Crippen molar-refractivity contribution in [1.29, 1.82) is 0 Å². The molecule has 3 N–H and O–H groups in total. The van der Waals surface area contributed by atoms with E-state index < -0.39 is 53.2 Å². The maximum atomic E-state index is 14.1. The topological polar surface area (TPSA) is 92.4 Å². The van der Waals surface area contributed by atoms with Crippen LogP contribution in [0.1, 0.15) is 24.1 Å². The Labute approximate surface area is 204 Å². The summed E-state index contributed by atoms with van der Waals surface area (Å²) >= 11 is 6.11. The third kappa shape index (κ3) is 6.75. The molecule has 7 nitrogen and oxygen atoms in total. The fraction of sp³-hybridized carbons (Fsp3) is 0.381. The number of nitrogens with zero attached hydrogens (tertiary/aromatic N) is 1. The lowest BCUT2D eigenvalue weighted by Crippen LogP contribution is -2.59. The Kier molecular flexibility index (Phi) is 7.98. The van der Waals surface area contributed by atoms with Crippen LogP contribution in [0.3, 0.4) is 0 Å². The van der Waals surface area contributed by atoms with E-state index in [1.165, 1.54) is 0 Å². The first-order chi connectivity index (χ1) is 16.7. The summed E-state index contributed by atoms with van der Waals surface area (Å²) in [6.45, 7) is -0.659. The minimum absolute atomic E-state index is 0.0229. The fourth-order valence-corrected chi connectivity index (χ4v) is 3.66. The van der Waals surface area contributed by atoms with Crippen LogP contribution < -0.4 is 16.0 Å². The molecule has 3 rings (SSSR count). The van der Waals surface area contributed by atoms with E-state index in [9.17, 15) is 40.3 Å². The van der Waals surface area contributed by atoms with Gasteiger partial charge in [-0.1, -0.05) is 17.7 Å². The number of nitrogens with one attached hydrogen (secondary N) is 3. The summed E-state index contributed by atoms with van der Waals surface area (Å²) in [6, 6.07) is 3.60. The summed E-state index contributed by atoms with van der Waals surface area (Å²) in [6.07, 6.45) is -10.4. The number of amides is 2. The van der Waals surface area contributed by atoms with Gasteiger partial charge in [0, 0.05) is 13.0 Å². The summed E-state index contributed by atoms with van der Waals surface area (Å²) in [5.74, 6) is -3.40. The number of aromatic nitrogens is 1. The molecule has 1 saturated heterocycles. The van der Waals surface area contributed by atoms with E-state index in [0.29, 0.717) is 6.07 Å². The third-order valence-electron chi connectivity index (χ3n) is 5.12. The number of carbonyl (C=O) groups is 2. The van der Waals surface area contributed by atoms with Crippen LogP contribution >= 0.6 is 11.6 Å². The summed E-state index contributed by atoms with van der Waals surface area (Å²) in [5.41, 5.74) is -3.83. The smallest absolute Gasteiger partial charge is 0.378 e. The number of pyridine rings is 1. The number of alkyl halides is 6. The molecule has 36 heavy (non-hydrogen) atoms. The Bertz CT molecular complexity index is 1140. The second-order valence-electron chi connectivity index (χ2n) is 7.85. The van der Waals surface area contributed by atoms with Gasteiger partial charge in [-0.25, -0.2) is 4.39 Å². The zero-order valence-electron chi connectivity index (χ0n) is 18.1. The van der Waals surface area contributed by atoms with E-state index in [1.807, 2.05) is 0 Å². The first-order valence-electron chi connectivity index (χ1n) is 10.2. The molecule has 2 aromatic rings. The van der Waals surface area contributed by atoms with Crippen LogP contribution in [0.2, 0.25) is 5.02 Å². The summed E-state index contributed by atoms with van der Waals surface area (Å²) in [5, 5.41) is 6.66. The Hall–Kier alpha value is -3.13. The van der Waals surface area contributed by atoms with E-state index >= 15 is 0 Å². The second-order valence-corrected chi connectivity index (χ2v) is 8.25. The van der Waals surface area contributed by atoms with E-state index in [1.54, 1.807) is 0 Å². The molecule has 0 radical (unpaired) electrons. The Balaban J connectivity index is 1.70. The molecule has 1 aliphatic heterocycles. The van der Waals surface area contributed by atoms with Gasteiger partial charge in [-0.2, -0.15) is 26.3 Å². The number of ether oxygens (including phenoxy) is 1. The third-order valence-corrected chi connectivity index (χ3v) is 5.45. The number of para-hydroxylation sites is 1. The van der Waals surface area contributed by atoms with Gasteiger partial charge >= 0.3 is 12.4 Å². The largest absolute Gasteiger partial charge is 0.418 e. The molecular weight excluding hydrogens is 525 g/mol. The molecule has 1 unspecified atom stereocenters. The van der Waals surface area contributed by atoms with Crippen molar-refractivity contribution in [3.63, 3.8) is 0 Å². The minimum atomic E-state index is -4.83. The van der Waals surface area contributed by atoms with Gasteiger partial charge in [0.2, 0.25) is 11.8 Å². The molecule has 0 aliphatic carbocycles. The van der Waals surface area contributed by atoms with Gasteiger partial charge in [-0.3, -0.25) is 14.6 Å². The van der Waals surface area contributed by atoms with Crippen molar-refractivity contribution in [1.82, 2.24) is 15.6 Å². The van der Waals surface area contributed by atoms with Crippen LogP contribution in [0.5, 0.6) is 0 Å². The van der Waals surface area contributed by atoms with Crippen molar-refractivity contribution in [3.8, 4) is 0 Å². The molecule has 0 saturated carbocycles. The Morgan fingerprint density at radius 2 is 1.89 bits per heavy atom. The highest BCUT2D eigenvalue weighted by molar-refractivity contribution is 6.31. The van der Waals surface area contributed by atoms with E-state index in [2.05, 4.69) is 20.9 Å². The maximum absolute atomic E-state index is 14.1. The first-order valence-corrected chi connectivity index (χ1v) is 10.6. The average Bonchev–Trinajstić information content (AvgIpc) is 3.21. The van der Waals surface area contributed by atoms with Crippen LogP contribution in [-0.4, -0.2) is 41.7 Å². The normalized spacial score (nSPS) is 18.1. The van der Waals surface area contributed by atoms with Crippen molar-refractivity contribution in [3.05, 3.63) is 52.6 Å². The Morgan fingerprint density at radius 3 is 2.47 bits per heavy atom. The monoisotopic (exact) mass is 542 g/mol. The number of anilines is 2. The molecule has 1 atom stereocenters. The predicted octanol–water partition coefficient (Wildman–Crippen LogP) is 4.48. The van der Waals surface area contributed by atoms with E-state index in [0.717, 1.165) is 24.4 Å². The highest BCUT2D eigenvalue weighted by Crippen LogP contribution is 2.37. The summed E-state index contributed by atoms with van der Waals surface area (Å²) in [7, 11) is 0. The number of hydrogen-bond donors (Lipinski definition) is 3. The van der Waals surface area contributed by atoms with Gasteiger partial charge in [-0.05, 0) is 18.2 Å². The van der Waals surface area contributed by atoms with Crippen molar-refractivity contribution in [2.75, 3.05) is 18.5 Å². The molecule has 1 aromatic carbocycles. The number of carbonyl (C=O) groups excluding carboxylic acids is 2. The first kappa shape index (κ1) is 27.5. The molecule has 0 bridgehead atoms. The van der Waals surface area contributed by atoms with Gasteiger partial charge in [0.1, 0.15) is 17.8 Å². The fourth-order valence-electron chi connectivity index (χ4n) is 3.42. The molecule has 1 aliphatic rings. The second kappa shape index (κ2) is 10.5. The summed E-state index contributed by atoms with van der Waals surface area (Å²) in [4.78, 5) is 28.4. The van der Waals surface area contributed by atoms with E-state index in [4.69, 9.17) is 16.3 Å². The molecule has 15 heteroatoms. The zero-order chi connectivity index (χ0) is 26.7. The lowest BCUT2D eigenvalue weighted by atomic mass is 9.97. The Morgan fingerprint density at radius 1 is 1.17 bits per heavy atom. The molecule has 2 amide bonds. The SMILES string of the molecule is O=C(CC(F)(F)F)NC1(C(=O)NCc2ncc(Nc3c(F)cccc3C(F)(F)F)cc2Cl)CCOC1. The standard InChI is InChI=1S/C21H18ClF7N4O3/c22-13-6-11(32-17-12(21(27,28)29)2-1-3-14(17)23)8-30-15(13)9-31-18(35)19(4-5-36-10-19)33-16(34)7-20(24,25)26/h1-3,6,8,32H,4-5,7,9-10H2,(H,31,35)(H,33,34). The minimum Gasteiger partial charge on any atom is -0.378 e. The lowest BCUT2D eigenvalue weighted by Gasteiger charge is -2.27. The van der Waals surface area contributed by atoms with Crippen molar-refractivity contribution in [2.45, 2.75) is 37.3 Å². The van der Waals surface area contributed by atoms with Crippen molar-refractivity contribution < 1.29 is 45.1 Å². The van der Waals surface area contributed by atoms with Crippen molar-refractivity contribution in [2.24, 2.45) is 0 Å². The predicted molar refractivity (Wildman–Crippen MR) is 113 cm³/mol. The van der Waals surface area contributed by atoms with E-state index in [-0.39, 0.29) is 42.6 Å². The zero-order valence-corrected chi connectivity index (χ0v) is 18.9. The highest BCUT2D eigenvalue weighted by atomic mass is 35.5. The van der Waals surface area contributed by atoms with Gasteiger partial charge in [0.25, 0.3) is 0 Å². The number of halogens is 8. The molecule has 0 spiro atoms. The number of hydrogen-bond acceptors (Lipinski definition) is 5. The summed E-state index contributed by atoms with van der Waals surface area (Å²) < 4.78 is 96.2. The molecule has 1 fully saturated rings. The van der Waals surface area contributed by atoms with Gasteiger partial charge in [0.15, 0.2) is 0 Å². The average molecular weight is 543 g/mol. The number of rotatable bonds is 7. The quantitative estimate of drug-likeness (QED) is 0.449. The maximum Gasteiger partial charge on any atom is 0.418 e. The van der Waals surface area contributed by atoms with Gasteiger partial charge in [0.05, 0.1) is 47.0 Å². The molecule has 2 heterocycles. The highest BCUT2D eigenvalue weighted by Gasteiger charge is 2.45. The van der Waals surface area contributed by atoms with Crippen LogP contribution in [0.15, 0.2) is 30.5 Å². The molecule has 196 valence electrons. The van der Waals surface area contributed by atoms with Crippen LogP contribution in [0, 0.1) is 5.82 Å². The van der Waals surface area contributed by atoms with Crippen LogP contribution in [0.4, 0.5) is 42.1 Å². The lowest BCUT2D eigenvalue weighted by molar-refractivity contribution is -0.156. The molecular formula is C21H18ClF7N4O3. The van der Waals surface area contributed by atoms with Crippen molar-refractivity contribution >= 4 is 34.8 Å². The van der Waals surface area contributed by atoms with Crippen LogP contribution in [0.25, 0.3) is 0 Å². The van der Waals surface area contributed by atoms with Gasteiger partial charge in [-0.15, -0.1) is 0 Å². The number of benzene rings is 1.